The molecule has 0 aliphatic heterocycles. The average molecular weight is 230 g/mol. The molecule has 1 aromatic rings. The van der Waals surface area contributed by atoms with E-state index in [1.807, 2.05) is 0 Å². The average Bonchev–Trinajstić information content (AvgIpc) is 2.08. The molecule has 1 rings (SSSR count). The quantitative estimate of drug-likeness (QED) is 0.760. The summed E-state index contributed by atoms with van der Waals surface area (Å²) in [5, 5.41) is 0. The molecule has 4 heteroatoms. The zero-order valence-corrected chi connectivity index (χ0v) is 9.40. The van der Waals surface area contributed by atoms with Crippen LogP contribution >= 0.6 is 0 Å². The first kappa shape index (κ1) is 12.7. The Kier molecular flexibility index (Phi) is 3.41. The van der Waals surface area contributed by atoms with Crippen molar-refractivity contribution in [1.82, 2.24) is 0 Å². The minimum absolute atomic E-state index is 0.0584. The van der Waals surface area contributed by atoms with Gasteiger partial charge < -0.3 is 0 Å². The molecule has 0 fully saturated rings. The molecule has 0 N–H and O–H groups in total. The third-order valence-corrected chi connectivity index (χ3v) is 2.46. The van der Waals surface area contributed by atoms with E-state index in [4.69, 9.17) is 0 Å². The maximum atomic E-state index is 12.7. The maximum absolute atomic E-state index is 12.7. The molecule has 0 unspecified atom stereocenters. The lowest BCUT2D eigenvalue weighted by Crippen LogP contribution is -2.12. The highest BCUT2D eigenvalue weighted by Crippen LogP contribution is 2.33. The van der Waals surface area contributed by atoms with Crippen LogP contribution in [0, 0.1) is 13.8 Å². The van der Waals surface area contributed by atoms with Crippen molar-refractivity contribution >= 4 is 5.78 Å². The highest BCUT2D eigenvalue weighted by molar-refractivity contribution is 5.78. The molecule has 0 amide bonds. The summed E-state index contributed by atoms with van der Waals surface area (Å²) in [6.07, 6.45) is -4.57. The van der Waals surface area contributed by atoms with Crippen LogP contribution < -0.4 is 0 Å². The Hall–Kier alpha value is -1.32. The molecule has 0 saturated carbocycles. The molecule has 0 spiro atoms. The van der Waals surface area contributed by atoms with Crippen molar-refractivity contribution in [2.24, 2.45) is 0 Å². The van der Waals surface area contributed by atoms with Crippen molar-refractivity contribution in [2.45, 2.75) is 33.4 Å². The number of ketones is 1. The van der Waals surface area contributed by atoms with E-state index < -0.39 is 11.7 Å². The van der Waals surface area contributed by atoms with Crippen LogP contribution in [0.3, 0.4) is 0 Å². The second kappa shape index (κ2) is 4.28. The normalized spacial score (nSPS) is 11.6. The van der Waals surface area contributed by atoms with Crippen LogP contribution in [0.5, 0.6) is 0 Å². The molecule has 1 aromatic carbocycles. The summed E-state index contributed by atoms with van der Waals surface area (Å²) in [6, 6.07) is 2.55. The minimum atomic E-state index is -4.40. The van der Waals surface area contributed by atoms with Crippen molar-refractivity contribution in [2.75, 3.05) is 0 Å². The number of carbonyl (C=O) groups is 1. The third-order valence-electron chi connectivity index (χ3n) is 2.46. The van der Waals surface area contributed by atoms with Crippen LogP contribution in [0.1, 0.15) is 29.2 Å². The van der Waals surface area contributed by atoms with E-state index in [1.54, 1.807) is 13.8 Å². The van der Waals surface area contributed by atoms with Crippen molar-refractivity contribution in [1.29, 1.82) is 0 Å². The molecule has 0 aromatic heterocycles. The molecule has 0 radical (unpaired) electrons. The minimum Gasteiger partial charge on any atom is -0.300 e. The first-order valence-electron chi connectivity index (χ1n) is 4.88. The van der Waals surface area contributed by atoms with Gasteiger partial charge in [-0.2, -0.15) is 13.2 Å². The molecule has 0 aliphatic carbocycles. The summed E-state index contributed by atoms with van der Waals surface area (Å²) in [5.41, 5.74) is 0.706. The zero-order chi connectivity index (χ0) is 12.5. The van der Waals surface area contributed by atoms with E-state index in [9.17, 15) is 18.0 Å². The van der Waals surface area contributed by atoms with Gasteiger partial charge in [0.05, 0.1) is 5.56 Å². The molecular formula is C12H13F3O. The first-order chi connectivity index (χ1) is 7.21. The van der Waals surface area contributed by atoms with E-state index in [1.165, 1.54) is 13.0 Å². The lowest BCUT2D eigenvalue weighted by atomic mass is 9.96. The summed E-state index contributed by atoms with van der Waals surface area (Å²) in [7, 11) is 0. The van der Waals surface area contributed by atoms with Gasteiger partial charge in [-0.15, -0.1) is 0 Å². The number of carbonyl (C=O) groups excluding carboxylic acids is 1. The smallest absolute Gasteiger partial charge is 0.300 e. The topological polar surface area (TPSA) is 17.1 Å². The Morgan fingerprint density at radius 1 is 1.19 bits per heavy atom. The van der Waals surface area contributed by atoms with Crippen LogP contribution in [-0.2, 0) is 17.4 Å². The van der Waals surface area contributed by atoms with Crippen molar-refractivity contribution in [3.8, 4) is 0 Å². The lowest BCUT2D eigenvalue weighted by Gasteiger charge is -2.14. The molecule has 16 heavy (non-hydrogen) atoms. The fourth-order valence-corrected chi connectivity index (χ4v) is 1.55. The predicted octanol–water partition coefficient (Wildman–Crippen LogP) is 3.45. The summed E-state index contributed by atoms with van der Waals surface area (Å²) in [5.74, 6) is -0.270. The zero-order valence-electron chi connectivity index (χ0n) is 9.40. The van der Waals surface area contributed by atoms with Gasteiger partial charge in [-0.05, 0) is 43.5 Å². The van der Waals surface area contributed by atoms with Gasteiger partial charge in [-0.25, -0.2) is 0 Å². The standard InChI is InChI=1S/C12H13F3O/c1-7-4-10(6-9(3)16)11(5-8(7)2)12(13,14)15/h4-5H,6H2,1-3H3. The second-order valence-corrected chi connectivity index (χ2v) is 3.97. The molecule has 0 atom stereocenters. The number of hydrogen-bond acceptors (Lipinski definition) is 1. The number of benzene rings is 1. The number of aryl methyl sites for hydroxylation is 2. The Morgan fingerprint density at radius 3 is 2.12 bits per heavy atom. The first-order valence-corrected chi connectivity index (χ1v) is 4.88. The van der Waals surface area contributed by atoms with Gasteiger partial charge in [0, 0.05) is 6.42 Å². The maximum Gasteiger partial charge on any atom is 0.416 e. The van der Waals surface area contributed by atoms with Gasteiger partial charge in [0.25, 0.3) is 0 Å². The van der Waals surface area contributed by atoms with Crippen LogP contribution in [0.15, 0.2) is 12.1 Å². The lowest BCUT2D eigenvalue weighted by molar-refractivity contribution is -0.138. The van der Waals surface area contributed by atoms with Gasteiger partial charge in [-0.1, -0.05) is 6.07 Å². The fourth-order valence-electron chi connectivity index (χ4n) is 1.55. The second-order valence-electron chi connectivity index (χ2n) is 3.97. The van der Waals surface area contributed by atoms with E-state index in [0.29, 0.717) is 5.56 Å². The number of alkyl halides is 3. The van der Waals surface area contributed by atoms with Crippen molar-refractivity contribution in [3.63, 3.8) is 0 Å². The van der Waals surface area contributed by atoms with E-state index in [-0.39, 0.29) is 17.8 Å². The summed E-state index contributed by atoms with van der Waals surface area (Å²) in [6.45, 7) is 4.65. The summed E-state index contributed by atoms with van der Waals surface area (Å²) < 4.78 is 38.1. The number of halogens is 3. The Labute approximate surface area is 92.3 Å². The van der Waals surface area contributed by atoms with Crippen molar-refractivity contribution < 1.29 is 18.0 Å². The highest BCUT2D eigenvalue weighted by atomic mass is 19.4. The van der Waals surface area contributed by atoms with Crippen LogP contribution in [0.4, 0.5) is 13.2 Å². The summed E-state index contributed by atoms with van der Waals surface area (Å²) >= 11 is 0. The largest absolute Gasteiger partial charge is 0.416 e. The van der Waals surface area contributed by atoms with Gasteiger partial charge in [-0.3, -0.25) is 4.79 Å². The van der Waals surface area contributed by atoms with Gasteiger partial charge in [0.15, 0.2) is 0 Å². The monoisotopic (exact) mass is 230 g/mol. The predicted molar refractivity (Wildman–Crippen MR) is 55.3 cm³/mol. The molecule has 0 saturated heterocycles. The third kappa shape index (κ3) is 2.84. The van der Waals surface area contributed by atoms with Gasteiger partial charge >= 0.3 is 6.18 Å². The molecular weight excluding hydrogens is 217 g/mol. The van der Waals surface area contributed by atoms with Crippen LogP contribution in [-0.4, -0.2) is 5.78 Å². The summed E-state index contributed by atoms with van der Waals surface area (Å²) in [4.78, 5) is 10.9. The van der Waals surface area contributed by atoms with E-state index >= 15 is 0 Å². The number of rotatable bonds is 2. The number of hydrogen-bond donors (Lipinski definition) is 0. The SMILES string of the molecule is CC(=O)Cc1cc(C)c(C)cc1C(F)(F)F. The molecule has 1 nitrogen and oxygen atoms in total. The van der Waals surface area contributed by atoms with Crippen molar-refractivity contribution in [3.05, 3.63) is 34.4 Å². The Balaban J connectivity index is 3.33. The highest BCUT2D eigenvalue weighted by Gasteiger charge is 2.33. The van der Waals surface area contributed by atoms with E-state index in [2.05, 4.69) is 0 Å². The van der Waals surface area contributed by atoms with Gasteiger partial charge in [0.2, 0.25) is 0 Å². The molecule has 0 aliphatic rings. The fraction of sp³-hybridized carbons (Fsp3) is 0.417. The van der Waals surface area contributed by atoms with Gasteiger partial charge in [0.1, 0.15) is 5.78 Å². The molecule has 0 bridgehead atoms. The number of Topliss-reactive ketones (excluding diaryl/α,β-unsaturated/α-hetero) is 1. The Bertz CT molecular complexity index is 419. The molecule has 88 valence electrons. The Morgan fingerprint density at radius 2 is 1.69 bits per heavy atom. The van der Waals surface area contributed by atoms with E-state index in [0.717, 1.165) is 11.6 Å². The molecule has 0 heterocycles. The van der Waals surface area contributed by atoms with Crippen LogP contribution in [0.25, 0.3) is 0 Å². The van der Waals surface area contributed by atoms with Crippen LogP contribution in [0.2, 0.25) is 0 Å².